The minimum absolute atomic E-state index is 0.838. The van der Waals surface area contributed by atoms with Gasteiger partial charge in [0.1, 0.15) is 0 Å². The molecule has 0 amide bonds. The van der Waals surface area contributed by atoms with Crippen LogP contribution in [0.3, 0.4) is 0 Å². The first-order valence-corrected chi connectivity index (χ1v) is 3.60. The second-order valence-electron chi connectivity index (χ2n) is 1.12. The van der Waals surface area contributed by atoms with E-state index >= 15 is 0 Å². The van der Waals surface area contributed by atoms with Gasteiger partial charge in [0.15, 0.2) is 0 Å². The lowest BCUT2D eigenvalue weighted by atomic mass is 10.7. The third-order valence-corrected chi connectivity index (χ3v) is 1.88. The maximum absolute atomic E-state index is 4.82. The first-order valence-electron chi connectivity index (χ1n) is 2.21. The van der Waals surface area contributed by atoms with E-state index in [2.05, 4.69) is 13.2 Å². The van der Waals surface area contributed by atoms with Crippen LogP contribution in [0.25, 0.3) is 0 Å². The normalized spacial score (nSPS) is 8.00. The molecule has 0 aromatic carbocycles. The number of hydrogen-bond acceptors (Lipinski definition) is 2. The SMILES string of the molecule is C=CCSC(=S)C=C. The lowest BCUT2D eigenvalue weighted by Gasteiger charge is -1.88. The Hall–Kier alpha value is -0.0800. The molecule has 0 unspecified atom stereocenters. The Morgan fingerprint density at radius 2 is 2.25 bits per heavy atom. The standard InChI is InChI=1S/C6H8S2/c1-3-5-8-6(7)4-2/h3-4H,1-2,5H2. The molecule has 2 heteroatoms. The highest BCUT2D eigenvalue weighted by Crippen LogP contribution is 2.03. The zero-order valence-electron chi connectivity index (χ0n) is 4.59. The van der Waals surface area contributed by atoms with E-state index in [9.17, 15) is 0 Å². The fourth-order valence-corrected chi connectivity index (χ4v) is 0.804. The summed E-state index contributed by atoms with van der Waals surface area (Å²) in [7, 11) is 0. The van der Waals surface area contributed by atoms with E-state index in [1.54, 1.807) is 17.8 Å². The van der Waals surface area contributed by atoms with Crippen molar-refractivity contribution in [1.82, 2.24) is 0 Å². The van der Waals surface area contributed by atoms with Crippen molar-refractivity contribution in [3.05, 3.63) is 25.3 Å². The zero-order chi connectivity index (χ0) is 6.41. The van der Waals surface area contributed by atoms with Gasteiger partial charge in [-0.15, -0.1) is 18.3 Å². The lowest BCUT2D eigenvalue weighted by Crippen LogP contribution is -1.78. The minimum atomic E-state index is 0.838. The Balaban J connectivity index is 3.24. The van der Waals surface area contributed by atoms with Gasteiger partial charge in [-0.1, -0.05) is 24.9 Å². The quantitative estimate of drug-likeness (QED) is 0.339. The molecule has 0 fully saturated rings. The number of hydrogen-bond donors (Lipinski definition) is 0. The summed E-state index contributed by atoms with van der Waals surface area (Å²) in [4.78, 5) is 0. The van der Waals surface area contributed by atoms with Crippen molar-refractivity contribution in [2.45, 2.75) is 0 Å². The maximum Gasteiger partial charge on any atom is 0.0702 e. The van der Waals surface area contributed by atoms with Crippen molar-refractivity contribution in [3.8, 4) is 0 Å². The summed E-state index contributed by atoms with van der Waals surface area (Å²) in [6.45, 7) is 7.07. The van der Waals surface area contributed by atoms with E-state index in [1.807, 2.05) is 6.08 Å². The van der Waals surface area contributed by atoms with Crippen molar-refractivity contribution >= 4 is 28.2 Å². The predicted octanol–water partition coefficient (Wildman–Crippen LogP) is 2.42. The van der Waals surface area contributed by atoms with Crippen LogP contribution < -0.4 is 0 Å². The Morgan fingerprint density at radius 3 is 2.62 bits per heavy atom. The molecule has 0 saturated carbocycles. The molecule has 8 heavy (non-hydrogen) atoms. The van der Waals surface area contributed by atoms with Crippen LogP contribution in [0.15, 0.2) is 25.3 Å². The monoisotopic (exact) mass is 144 g/mol. The molecule has 0 spiro atoms. The van der Waals surface area contributed by atoms with E-state index in [1.165, 1.54) is 0 Å². The van der Waals surface area contributed by atoms with Gasteiger partial charge in [-0.2, -0.15) is 0 Å². The van der Waals surface area contributed by atoms with Gasteiger partial charge in [-0.3, -0.25) is 0 Å². The molecular weight excluding hydrogens is 136 g/mol. The average Bonchev–Trinajstić information content (AvgIpc) is 1.83. The molecule has 0 aliphatic rings. The number of thioether (sulfide) groups is 1. The minimum Gasteiger partial charge on any atom is -0.110 e. The summed E-state index contributed by atoms with van der Waals surface area (Å²) in [6, 6.07) is 0. The second-order valence-corrected chi connectivity index (χ2v) is 2.88. The van der Waals surface area contributed by atoms with Crippen LogP contribution in [0, 0.1) is 0 Å². The van der Waals surface area contributed by atoms with Gasteiger partial charge in [0, 0.05) is 5.75 Å². The lowest BCUT2D eigenvalue weighted by molar-refractivity contribution is 1.84. The smallest absolute Gasteiger partial charge is 0.0702 e. The van der Waals surface area contributed by atoms with Crippen molar-refractivity contribution in [1.29, 1.82) is 0 Å². The van der Waals surface area contributed by atoms with Crippen molar-refractivity contribution in [2.24, 2.45) is 0 Å². The molecule has 0 aromatic rings. The molecule has 0 heterocycles. The fourth-order valence-electron chi connectivity index (χ4n) is 0.200. The number of rotatable bonds is 3. The Kier molecular flexibility index (Phi) is 5.01. The summed E-state index contributed by atoms with van der Waals surface area (Å²) < 4.78 is 0.838. The van der Waals surface area contributed by atoms with Gasteiger partial charge in [-0.05, 0) is 6.08 Å². The van der Waals surface area contributed by atoms with Crippen LogP contribution in [0.5, 0.6) is 0 Å². The summed E-state index contributed by atoms with van der Waals surface area (Å²) >= 11 is 6.39. The first kappa shape index (κ1) is 7.92. The highest BCUT2D eigenvalue weighted by Gasteiger charge is 1.84. The summed E-state index contributed by atoms with van der Waals surface area (Å²) in [6.07, 6.45) is 3.49. The molecule has 0 rings (SSSR count). The van der Waals surface area contributed by atoms with Gasteiger partial charge in [0.2, 0.25) is 0 Å². The Bertz CT molecular complexity index is 105. The van der Waals surface area contributed by atoms with Crippen molar-refractivity contribution in [3.63, 3.8) is 0 Å². The highest BCUT2D eigenvalue weighted by atomic mass is 32.2. The Labute approximate surface area is 59.7 Å². The number of thiocarbonyl (C=S) groups is 1. The second kappa shape index (κ2) is 5.06. The zero-order valence-corrected chi connectivity index (χ0v) is 6.23. The average molecular weight is 144 g/mol. The van der Waals surface area contributed by atoms with Crippen LogP contribution in [0.2, 0.25) is 0 Å². The highest BCUT2D eigenvalue weighted by molar-refractivity contribution is 8.23. The summed E-state index contributed by atoms with van der Waals surface area (Å²) in [5.41, 5.74) is 0. The molecule has 0 N–H and O–H groups in total. The van der Waals surface area contributed by atoms with Crippen LogP contribution in [0.1, 0.15) is 0 Å². The van der Waals surface area contributed by atoms with Crippen LogP contribution >= 0.6 is 24.0 Å². The van der Waals surface area contributed by atoms with Gasteiger partial charge in [0.05, 0.1) is 4.20 Å². The molecule has 0 aromatic heterocycles. The fraction of sp³-hybridized carbons (Fsp3) is 0.167. The van der Waals surface area contributed by atoms with E-state index in [0.29, 0.717) is 0 Å². The molecule has 44 valence electrons. The Morgan fingerprint density at radius 1 is 1.62 bits per heavy atom. The summed E-state index contributed by atoms with van der Waals surface area (Å²) in [5, 5.41) is 0. The molecule has 0 bridgehead atoms. The van der Waals surface area contributed by atoms with Gasteiger partial charge >= 0.3 is 0 Å². The third kappa shape index (κ3) is 4.09. The van der Waals surface area contributed by atoms with Crippen LogP contribution in [-0.4, -0.2) is 9.95 Å². The van der Waals surface area contributed by atoms with Crippen molar-refractivity contribution in [2.75, 3.05) is 5.75 Å². The van der Waals surface area contributed by atoms with Gasteiger partial charge in [-0.25, -0.2) is 0 Å². The third-order valence-electron chi connectivity index (χ3n) is 0.510. The van der Waals surface area contributed by atoms with E-state index in [-0.39, 0.29) is 0 Å². The molecule has 0 aliphatic carbocycles. The topological polar surface area (TPSA) is 0 Å². The molecule has 0 atom stereocenters. The molecular formula is C6H8S2. The molecule has 0 nitrogen and oxygen atoms in total. The molecule has 0 radical (unpaired) electrons. The van der Waals surface area contributed by atoms with E-state index in [4.69, 9.17) is 12.2 Å². The van der Waals surface area contributed by atoms with Crippen LogP contribution in [-0.2, 0) is 0 Å². The summed E-state index contributed by atoms with van der Waals surface area (Å²) in [5.74, 6) is 0.880. The van der Waals surface area contributed by atoms with Crippen molar-refractivity contribution < 1.29 is 0 Å². The van der Waals surface area contributed by atoms with Gasteiger partial charge < -0.3 is 0 Å². The maximum atomic E-state index is 4.82. The molecule has 0 aliphatic heterocycles. The largest absolute Gasteiger partial charge is 0.110 e. The predicted molar refractivity (Wildman–Crippen MR) is 45.5 cm³/mol. The first-order chi connectivity index (χ1) is 3.81. The van der Waals surface area contributed by atoms with E-state index < -0.39 is 0 Å². The van der Waals surface area contributed by atoms with Gasteiger partial charge in [0.25, 0.3) is 0 Å². The molecule has 0 saturated heterocycles. The van der Waals surface area contributed by atoms with E-state index in [0.717, 1.165) is 9.95 Å². The van der Waals surface area contributed by atoms with Crippen LogP contribution in [0.4, 0.5) is 0 Å².